The Labute approximate surface area is 156 Å². The number of methoxy groups -OCH3 is 1. The van der Waals surface area contributed by atoms with Crippen LogP contribution in [0.5, 0.6) is 0 Å². The lowest BCUT2D eigenvalue weighted by molar-refractivity contribution is -0.119. The number of ether oxygens (including phenoxy) is 2. The van der Waals surface area contributed by atoms with Crippen molar-refractivity contribution in [2.75, 3.05) is 31.0 Å². The van der Waals surface area contributed by atoms with Gasteiger partial charge < -0.3 is 20.1 Å². The molecule has 1 saturated heterocycles. The number of thiophene rings is 1. The first-order valence-corrected chi connectivity index (χ1v) is 9.30. The Morgan fingerprint density at radius 3 is 2.81 bits per heavy atom. The molecule has 1 aromatic heterocycles. The fraction of sp³-hybridized carbons (Fsp3) is 0.368. The summed E-state index contributed by atoms with van der Waals surface area (Å²) in [6.45, 7) is 2.67. The van der Waals surface area contributed by atoms with Crippen LogP contribution in [0.25, 0.3) is 0 Å². The summed E-state index contributed by atoms with van der Waals surface area (Å²) >= 11 is 1.47. The summed E-state index contributed by atoms with van der Waals surface area (Å²) in [6.07, 6.45) is 2.20. The van der Waals surface area contributed by atoms with E-state index >= 15 is 0 Å². The van der Waals surface area contributed by atoms with Crippen LogP contribution in [0.15, 0.2) is 30.3 Å². The lowest BCUT2D eigenvalue weighted by atomic mass is 10.1. The minimum Gasteiger partial charge on any atom is -0.375 e. The molecule has 2 amide bonds. The lowest BCUT2D eigenvalue weighted by Crippen LogP contribution is -2.18. The van der Waals surface area contributed by atoms with E-state index in [1.165, 1.54) is 18.4 Å². The van der Waals surface area contributed by atoms with Gasteiger partial charge in [-0.3, -0.25) is 9.59 Å². The van der Waals surface area contributed by atoms with Gasteiger partial charge in [0.25, 0.3) is 5.91 Å². The monoisotopic (exact) mass is 374 g/mol. The molecule has 7 heteroatoms. The second-order valence-electron chi connectivity index (χ2n) is 6.17. The van der Waals surface area contributed by atoms with Crippen molar-refractivity contribution >= 4 is 34.5 Å². The van der Waals surface area contributed by atoms with Crippen molar-refractivity contribution in [2.45, 2.75) is 25.9 Å². The number of aryl methyl sites for hydroxylation is 1. The maximum absolute atomic E-state index is 12.5. The van der Waals surface area contributed by atoms with Crippen molar-refractivity contribution in [3.63, 3.8) is 0 Å². The van der Waals surface area contributed by atoms with Crippen molar-refractivity contribution in [2.24, 2.45) is 0 Å². The van der Waals surface area contributed by atoms with E-state index in [-0.39, 0.29) is 24.5 Å². The third-order valence-corrected chi connectivity index (χ3v) is 5.31. The Morgan fingerprint density at radius 1 is 1.27 bits per heavy atom. The number of benzene rings is 1. The number of hydrogen-bond donors (Lipinski definition) is 2. The molecule has 138 valence electrons. The molecule has 6 nitrogen and oxygen atoms in total. The summed E-state index contributed by atoms with van der Waals surface area (Å²) in [6, 6.07) is 9.17. The van der Waals surface area contributed by atoms with Gasteiger partial charge in [0.15, 0.2) is 0 Å². The van der Waals surface area contributed by atoms with Crippen LogP contribution in [-0.2, 0) is 14.3 Å². The molecule has 0 aliphatic carbocycles. The standard InChI is InChI=1S/C19H22N2O4S/c1-12-10-13(5-6-14(12)21-18(22)11-24-2)20-19(23)17-8-7-16(26-17)15-4-3-9-25-15/h5-8,10,15H,3-4,9,11H2,1-2H3,(H,20,23)(H,21,22). The Morgan fingerprint density at radius 2 is 2.12 bits per heavy atom. The molecule has 2 heterocycles. The summed E-state index contributed by atoms with van der Waals surface area (Å²) in [5.74, 6) is -0.359. The van der Waals surface area contributed by atoms with Crippen LogP contribution in [0.2, 0.25) is 0 Å². The molecule has 3 rings (SSSR count). The number of carbonyl (C=O) groups excluding carboxylic acids is 2. The van der Waals surface area contributed by atoms with Gasteiger partial charge in [-0.1, -0.05) is 0 Å². The van der Waals surface area contributed by atoms with E-state index in [4.69, 9.17) is 9.47 Å². The third kappa shape index (κ3) is 4.49. The third-order valence-electron chi connectivity index (χ3n) is 4.13. The van der Waals surface area contributed by atoms with Crippen molar-refractivity contribution < 1.29 is 19.1 Å². The predicted molar refractivity (Wildman–Crippen MR) is 102 cm³/mol. The minimum absolute atomic E-state index is 0.00332. The van der Waals surface area contributed by atoms with Gasteiger partial charge in [0, 0.05) is 30.0 Å². The van der Waals surface area contributed by atoms with E-state index in [0.717, 1.165) is 29.9 Å². The fourth-order valence-corrected chi connectivity index (χ4v) is 3.83. The van der Waals surface area contributed by atoms with Gasteiger partial charge in [-0.25, -0.2) is 0 Å². The van der Waals surface area contributed by atoms with Crippen LogP contribution >= 0.6 is 11.3 Å². The molecule has 1 aliphatic heterocycles. The Kier molecular flexibility index (Phi) is 6.03. The quantitative estimate of drug-likeness (QED) is 0.807. The van der Waals surface area contributed by atoms with Gasteiger partial charge in [-0.05, 0) is 55.7 Å². The first-order valence-electron chi connectivity index (χ1n) is 8.49. The summed E-state index contributed by atoms with van der Waals surface area (Å²) < 4.78 is 10.5. The van der Waals surface area contributed by atoms with Gasteiger partial charge in [0.1, 0.15) is 6.61 Å². The van der Waals surface area contributed by atoms with E-state index in [1.807, 2.05) is 25.1 Å². The zero-order valence-electron chi connectivity index (χ0n) is 14.8. The molecular weight excluding hydrogens is 352 g/mol. The van der Waals surface area contributed by atoms with Crippen LogP contribution in [0, 0.1) is 6.92 Å². The molecule has 0 radical (unpaired) electrons. The summed E-state index contributed by atoms with van der Waals surface area (Å²) in [4.78, 5) is 25.8. The summed E-state index contributed by atoms with van der Waals surface area (Å²) in [5, 5.41) is 5.67. The van der Waals surface area contributed by atoms with E-state index < -0.39 is 0 Å². The maximum Gasteiger partial charge on any atom is 0.265 e. The van der Waals surface area contributed by atoms with Gasteiger partial charge in [0.05, 0.1) is 11.0 Å². The Balaban J connectivity index is 1.64. The van der Waals surface area contributed by atoms with Gasteiger partial charge >= 0.3 is 0 Å². The molecule has 0 saturated carbocycles. The molecule has 1 atom stereocenters. The van der Waals surface area contributed by atoms with Gasteiger partial charge in [-0.2, -0.15) is 0 Å². The fourth-order valence-electron chi connectivity index (χ4n) is 2.84. The molecule has 1 aromatic carbocycles. The highest BCUT2D eigenvalue weighted by Crippen LogP contribution is 2.33. The molecule has 0 bridgehead atoms. The first-order chi connectivity index (χ1) is 12.6. The smallest absolute Gasteiger partial charge is 0.265 e. The van der Waals surface area contributed by atoms with E-state index in [2.05, 4.69) is 10.6 Å². The number of carbonyl (C=O) groups is 2. The molecule has 1 fully saturated rings. The van der Waals surface area contributed by atoms with Crippen LogP contribution in [0.3, 0.4) is 0 Å². The van der Waals surface area contributed by atoms with Crippen LogP contribution in [-0.4, -0.2) is 32.1 Å². The number of nitrogens with one attached hydrogen (secondary N) is 2. The molecule has 1 unspecified atom stereocenters. The SMILES string of the molecule is COCC(=O)Nc1ccc(NC(=O)c2ccc(C3CCCO3)s2)cc1C. The molecule has 1 aliphatic rings. The molecule has 2 N–H and O–H groups in total. The largest absolute Gasteiger partial charge is 0.375 e. The number of anilines is 2. The predicted octanol–water partition coefficient (Wildman–Crippen LogP) is 3.75. The summed E-state index contributed by atoms with van der Waals surface area (Å²) in [5.41, 5.74) is 2.24. The average molecular weight is 374 g/mol. The van der Waals surface area contributed by atoms with Gasteiger partial charge in [0.2, 0.25) is 5.91 Å². The summed E-state index contributed by atoms with van der Waals surface area (Å²) in [7, 11) is 1.47. The maximum atomic E-state index is 12.5. The molecule has 0 spiro atoms. The molecule has 2 aromatic rings. The Bertz CT molecular complexity index is 797. The van der Waals surface area contributed by atoms with Crippen LogP contribution in [0.1, 0.15) is 39.1 Å². The lowest BCUT2D eigenvalue weighted by Gasteiger charge is -2.10. The average Bonchev–Trinajstić information content (AvgIpc) is 3.28. The van der Waals surface area contributed by atoms with E-state index in [1.54, 1.807) is 12.1 Å². The van der Waals surface area contributed by atoms with Crippen molar-refractivity contribution in [3.8, 4) is 0 Å². The number of rotatable bonds is 6. The van der Waals surface area contributed by atoms with Crippen molar-refractivity contribution in [1.82, 2.24) is 0 Å². The second-order valence-corrected chi connectivity index (χ2v) is 7.28. The van der Waals surface area contributed by atoms with Gasteiger partial charge in [-0.15, -0.1) is 11.3 Å². The number of amides is 2. The van der Waals surface area contributed by atoms with Crippen LogP contribution in [0.4, 0.5) is 11.4 Å². The highest BCUT2D eigenvalue weighted by molar-refractivity contribution is 7.14. The highest BCUT2D eigenvalue weighted by Gasteiger charge is 2.21. The minimum atomic E-state index is -0.215. The van der Waals surface area contributed by atoms with E-state index in [9.17, 15) is 9.59 Å². The Hall–Kier alpha value is -2.22. The normalized spacial score (nSPS) is 16.5. The first kappa shape index (κ1) is 18.6. The van der Waals surface area contributed by atoms with E-state index in [0.29, 0.717) is 16.3 Å². The number of hydrogen-bond acceptors (Lipinski definition) is 5. The topological polar surface area (TPSA) is 76.7 Å². The van der Waals surface area contributed by atoms with Crippen molar-refractivity contribution in [3.05, 3.63) is 45.6 Å². The second kappa shape index (κ2) is 8.44. The van der Waals surface area contributed by atoms with Crippen LogP contribution < -0.4 is 10.6 Å². The highest BCUT2D eigenvalue weighted by atomic mass is 32.1. The molecule has 26 heavy (non-hydrogen) atoms. The zero-order valence-corrected chi connectivity index (χ0v) is 15.7. The molecular formula is C19H22N2O4S. The zero-order chi connectivity index (χ0) is 18.5. The van der Waals surface area contributed by atoms with Crippen molar-refractivity contribution in [1.29, 1.82) is 0 Å².